The molecule has 1 N–H and O–H groups in total. The number of methoxy groups -OCH3 is 1. The molecule has 0 saturated carbocycles. The van der Waals surface area contributed by atoms with Gasteiger partial charge < -0.3 is 9.84 Å². The summed E-state index contributed by atoms with van der Waals surface area (Å²) in [6.45, 7) is 0. The van der Waals surface area contributed by atoms with Gasteiger partial charge in [0.25, 0.3) is 5.24 Å². The van der Waals surface area contributed by atoms with E-state index in [0.717, 1.165) is 0 Å². The lowest BCUT2D eigenvalue weighted by atomic mass is 10.1. The van der Waals surface area contributed by atoms with Crippen LogP contribution in [0.3, 0.4) is 0 Å². The van der Waals surface area contributed by atoms with Crippen LogP contribution < -0.4 is 4.74 Å². The molecule has 0 atom stereocenters. The minimum atomic E-state index is -0.863. The first kappa shape index (κ1) is 12.1. The summed E-state index contributed by atoms with van der Waals surface area (Å²) in [7, 11) is 1.47. The van der Waals surface area contributed by atoms with Crippen molar-refractivity contribution in [1.82, 2.24) is 0 Å². The lowest BCUT2D eigenvalue weighted by Gasteiger charge is -2.03. The summed E-state index contributed by atoms with van der Waals surface area (Å²) in [5, 5.41) is 17.3. The maximum Gasteiger partial charge on any atom is 0.262 e. The zero-order chi connectivity index (χ0) is 12.1. The number of nitrogens with zero attached hydrogens (tertiary/aromatic N) is 1. The second-order valence-electron chi connectivity index (χ2n) is 2.87. The van der Waals surface area contributed by atoms with Gasteiger partial charge in [0.15, 0.2) is 0 Å². The van der Waals surface area contributed by atoms with E-state index in [4.69, 9.17) is 21.6 Å². The third-order valence-corrected chi connectivity index (χ3v) is 2.07. The fourth-order valence-corrected chi connectivity index (χ4v) is 1.16. The molecule has 0 radical (unpaired) electrons. The minimum absolute atomic E-state index is 0.0926. The Morgan fingerprint density at radius 1 is 1.62 bits per heavy atom. The van der Waals surface area contributed by atoms with Crippen LogP contribution in [0.15, 0.2) is 23.8 Å². The smallest absolute Gasteiger partial charge is 0.262 e. The Bertz CT molecular complexity index is 488. The number of carbonyl (C=O) groups excluding carboxylic acids is 1. The van der Waals surface area contributed by atoms with Gasteiger partial charge in [-0.2, -0.15) is 5.26 Å². The first-order valence-electron chi connectivity index (χ1n) is 4.27. The highest BCUT2D eigenvalue weighted by molar-refractivity contribution is 6.68. The molecule has 0 aliphatic rings. The minimum Gasteiger partial charge on any atom is -0.507 e. The molecular weight excluding hydrogens is 230 g/mol. The standard InChI is InChI=1S/C11H8ClNO3/c1-16-9-3-2-7(10(14)5-9)4-8(6-13)11(12)15/h2-5,14H,1H3. The van der Waals surface area contributed by atoms with Crippen LogP contribution in [0.4, 0.5) is 0 Å². The molecule has 5 heteroatoms. The molecule has 0 spiro atoms. The molecule has 0 bridgehead atoms. The van der Waals surface area contributed by atoms with E-state index in [2.05, 4.69) is 0 Å². The van der Waals surface area contributed by atoms with Crippen LogP contribution >= 0.6 is 11.6 Å². The number of halogens is 1. The average molecular weight is 238 g/mol. The van der Waals surface area contributed by atoms with E-state index in [0.29, 0.717) is 11.3 Å². The Labute approximate surface area is 97.3 Å². The molecule has 82 valence electrons. The van der Waals surface area contributed by atoms with Crippen molar-refractivity contribution in [2.75, 3.05) is 7.11 Å². The van der Waals surface area contributed by atoms with Gasteiger partial charge in [-0.05, 0) is 29.8 Å². The molecule has 0 aromatic heterocycles. The molecular formula is C11H8ClNO3. The first-order chi connectivity index (χ1) is 7.58. The number of phenolic OH excluding ortho intramolecular Hbond substituents is 1. The number of rotatable bonds is 3. The maximum absolute atomic E-state index is 10.8. The van der Waals surface area contributed by atoms with E-state index in [1.54, 1.807) is 12.1 Å². The summed E-state index contributed by atoms with van der Waals surface area (Å²) in [5.41, 5.74) is 0.0912. The molecule has 0 fully saturated rings. The monoisotopic (exact) mass is 237 g/mol. The highest BCUT2D eigenvalue weighted by atomic mass is 35.5. The largest absolute Gasteiger partial charge is 0.507 e. The quantitative estimate of drug-likeness (QED) is 0.496. The second kappa shape index (κ2) is 5.19. The van der Waals surface area contributed by atoms with Gasteiger partial charge in [-0.15, -0.1) is 0 Å². The van der Waals surface area contributed by atoms with Gasteiger partial charge >= 0.3 is 0 Å². The van der Waals surface area contributed by atoms with Crippen molar-refractivity contribution >= 4 is 22.9 Å². The molecule has 0 amide bonds. The highest BCUT2D eigenvalue weighted by Crippen LogP contribution is 2.25. The SMILES string of the molecule is COc1ccc(C=C(C#N)C(=O)Cl)c(O)c1. The Morgan fingerprint density at radius 2 is 2.31 bits per heavy atom. The fraction of sp³-hybridized carbons (Fsp3) is 0.0909. The van der Waals surface area contributed by atoms with Crippen molar-refractivity contribution in [3.8, 4) is 17.6 Å². The number of benzene rings is 1. The van der Waals surface area contributed by atoms with Crippen molar-refractivity contribution in [1.29, 1.82) is 5.26 Å². The topological polar surface area (TPSA) is 70.3 Å². The number of nitriles is 1. The van der Waals surface area contributed by atoms with E-state index in [1.165, 1.54) is 25.3 Å². The number of phenols is 1. The molecule has 4 nitrogen and oxygen atoms in total. The van der Waals surface area contributed by atoms with E-state index in [-0.39, 0.29) is 11.3 Å². The van der Waals surface area contributed by atoms with Crippen molar-refractivity contribution in [2.45, 2.75) is 0 Å². The zero-order valence-corrected chi connectivity index (χ0v) is 9.15. The number of ether oxygens (including phenoxy) is 1. The molecule has 1 rings (SSSR count). The van der Waals surface area contributed by atoms with Gasteiger partial charge in [0, 0.05) is 11.6 Å². The zero-order valence-electron chi connectivity index (χ0n) is 8.40. The fourth-order valence-electron chi connectivity index (χ4n) is 1.06. The number of hydrogen-bond donors (Lipinski definition) is 1. The van der Waals surface area contributed by atoms with Gasteiger partial charge in [-0.3, -0.25) is 4.79 Å². The first-order valence-corrected chi connectivity index (χ1v) is 4.65. The molecule has 0 saturated heterocycles. The molecule has 16 heavy (non-hydrogen) atoms. The lowest BCUT2D eigenvalue weighted by molar-refractivity contribution is -0.108. The third-order valence-electron chi connectivity index (χ3n) is 1.87. The van der Waals surface area contributed by atoms with Crippen molar-refractivity contribution in [3.05, 3.63) is 29.3 Å². The van der Waals surface area contributed by atoms with E-state index >= 15 is 0 Å². The molecule has 0 unspecified atom stereocenters. The van der Waals surface area contributed by atoms with Gasteiger partial charge in [0.05, 0.1) is 7.11 Å². The summed E-state index contributed by atoms with van der Waals surface area (Å²) in [6.07, 6.45) is 1.21. The summed E-state index contributed by atoms with van der Waals surface area (Å²) < 4.78 is 4.89. The molecule has 1 aromatic rings. The van der Waals surface area contributed by atoms with Gasteiger partial charge in [0.1, 0.15) is 23.1 Å². The summed E-state index contributed by atoms with van der Waals surface area (Å²) in [5.74, 6) is 0.385. The van der Waals surface area contributed by atoms with Crippen molar-refractivity contribution in [2.24, 2.45) is 0 Å². The van der Waals surface area contributed by atoms with Gasteiger partial charge in [-0.1, -0.05) is 0 Å². The Hall–Kier alpha value is -1.99. The second-order valence-corrected chi connectivity index (χ2v) is 3.21. The van der Waals surface area contributed by atoms with E-state index in [9.17, 15) is 9.90 Å². The molecule has 0 aliphatic carbocycles. The predicted molar refractivity (Wildman–Crippen MR) is 59.1 cm³/mol. The number of hydrogen-bond acceptors (Lipinski definition) is 4. The maximum atomic E-state index is 10.8. The predicted octanol–water partition coefficient (Wildman–Crippen LogP) is 2.07. The van der Waals surface area contributed by atoms with Crippen LogP contribution in [0.25, 0.3) is 6.08 Å². The Kier molecular flexibility index (Phi) is 3.92. The summed E-state index contributed by atoms with van der Waals surface area (Å²) >= 11 is 5.17. The molecule has 1 aromatic carbocycles. The van der Waals surface area contributed by atoms with E-state index < -0.39 is 5.24 Å². The Balaban J connectivity index is 3.16. The van der Waals surface area contributed by atoms with Crippen LogP contribution in [0.2, 0.25) is 0 Å². The summed E-state index contributed by atoms with van der Waals surface area (Å²) in [6, 6.07) is 6.13. The number of carbonyl (C=O) groups is 1. The normalized spacial score (nSPS) is 10.7. The summed E-state index contributed by atoms with van der Waals surface area (Å²) in [4.78, 5) is 10.8. The van der Waals surface area contributed by atoms with Gasteiger partial charge in [0.2, 0.25) is 0 Å². The van der Waals surface area contributed by atoms with Crippen LogP contribution in [-0.4, -0.2) is 17.5 Å². The van der Waals surface area contributed by atoms with Crippen LogP contribution in [-0.2, 0) is 4.79 Å². The number of aromatic hydroxyl groups is 1. The van der Waals surface area contributed by atoms with Gasteiger partial charge in [-0.25, -0.2) is 0 Å². The van der Waals surface area contributed by atoms with Crippen molar-refractivity contribution < 1.29 is 14.6 Å². The van der Waals surface area contributed by atoms with E-state index in [1.807, 2.05) is 0 Å². The van der Waals surface area contributed by atoms with Crippen LogP contribution in [0.5, 0.6) is 11.5 Å². The lowest BCUT2D eigenvalue weighted by Crippen LogP contribution is -1.90. The highest BCUT2D eigenvalue weighted by Gasteiger charge is 2.07. The third kappa shape index (κ3) is 2.75. The molecule has 0 heterocycles. The number of allylic oxidation sites excluding steroid dienone is 1. The van der Waals surface area contributed by atoms with Crippen LogP contribution in [0, 0.1) is 11.3 Å². The Morgan fingerprint density at radius 3 is 2.75 bits per heavy atom. The van der Waals surface area contributed by atoms with Crippen LogP contribution in [0.1, 0.15) is 5.56 Å². The molecule has 0 aliphatic heterocycles. The average Bonchev–Trinajstić information content (AvgIpc) is 2.26. The van der Waals surface area contributed by atoms with Crippen molar-refractivity contribution in [3.63, 3.8) is 0 Å².